The molecule has 0 aliphatic heterocycles. The molecule has 0 aliphatic rings. The van der Waals surface area contributed by atoms with Crippen molar-refractivity contribution in [1.82, 2.24) is 20.2 Å². The molecule has 4 rings (SSSR count). The van der Waals surface area contributed by atoms with E-state index in [0.29, 0.717) is 11.4 Å². The van der Waals surface area contributed by atoms with Gasteiger partial charge in [-0.15, -0.1) is 24.8 Å². The van der Waals surface area contributed by atoms with Crippen LogP contribution in [0.15, 0.2) is 30.3 Å². The Kier molecular flexibility index (Phi) is 4.83. The van der Waals surface area contributed by atoms with Crippen molar-refractivity contribution in [3.8, 4) is 17.6 Å². The van der Waals surface area contributed by atoms with E-state index in [1.807, 2.05) is 12.1 Å². The van der Waals surface area contributed by atoms with Crippen molar-refractivity contribution in [3.05, 3.63) is 47.0 Å². The first-order valence-electron chi connectivity index (χ1n) is 7.01. The topological polar surface area (TPSA) is 81.2 Å². The Bertz CT molecular complexity index is 1030. The summed E-state index contributed by atoms with van der Waals surface area (Å²) in [5.41, 5.74) is 6.58. The summed E-state index contributed by atoms with van der Waals surface area (Å²) >= 11 is 0. The molecule has 7 heteroatoms. The van der Waals surface area contributed by atoms with Gasteiger partial charge in [-0.2, -0.15) is 10.4 Å². The molecule has 0 bridgehead atoms. The average molecular weight is 360 g/mol. The third kappa shape index (κ3) is 2.71. The maximum atomic E-state index is 9.07. The van der Waals surface area contributed by atoms with Gasteiger partial charge in [0, 0.05) is 5.39 Å². The highest BCUT2D eigenvalue weighted by Crippen LogP contribution is 2.27. The number of benzene rings is 2. The summed E-state index contributed by atoms with van der Waals surface area (Å²) in [5.74, 6) is 0.710. The normalized spacial score (nSPS) is 10.2. The molecule has 0 radical (unpaired) electrons. The minimum Gasteiger partial charge on any atom is -0.337 e. The highest BCUT2D eigenvalue weighted by molar-refractivity contribution is 5.94. The molecule has 24 heavy (non-hydrogen) atoms. The molecule has 4 aromatic rings. The molecule has 0 spiro atoms. The van der Waals surface area contributed by atoms with Crippen LogP contribution >= 0.6 is 24.8 Å². The lowest BCUT2D eigenvalue weighted by molar-refractivity contribution is 1.11. The molecule has 0 unspecified atom stereocenters. The zero-order chi connectivity index (χ0) is 15.3. The van der Waals surface area contributed by atoms with Crippen LogP contribution < -0.4 is 0 Å². The highest BCUT2D eigenvalue weighted by atomic mass is 35.5. The average Bonchev–Trinajstić information content (AvgIpc) is 3.10. The van der Waals surface area contributed by atoms with Crippen LogP contribution in [0.4, 0.5) is 0 Å². The smallest absolute Gasteiger partial charge is 0.159 e. The maximum Gasteiger partial charge on any atom is 0.159 e. The standard InChI is InChI=1S/C17H13N5.2ClH/c1-9-5-14-15(6-10(9)2)20-17(19-14)16-12-7-11(8-18)3-4-13(12)21-22-16;;/h3-7H,1-2H3,(H,19,20)(H,21,22);2*1H. The van der Waals surface area contributed by atoms with Crippen LogP contribution in [0.5, 0.6) is 0 Å². The first kappa shape index (κ1) is 17.8. The summed E-state index contributed by atoms with van der Waals surface area (Å²) in [6, 6.07) is 11.8. The Labute approximate surface area is 150 Å². The van der Waals surface area contributed by atoms with Gasteiger partial charge in [-0.05, 0) is 55.3 Å². The quantitative estimate of drug-likeness (QED) is 0.527. The summed E-state index contributed by atoms with van der Waals surface area (Å²) in [6.07, 6.45) is 0. The molecule has 2 heterocycles. The number of halogens is 2. The van der Waals surface area contributed by atoms with Gasteiger partial charge in [0.2, 0.25) is 0 Å². The van der Waals surface area contributed by atoms with Gasteiger partial charge in [-0.25, -0.2) is 4.98 Å². The fraction of sp³-hybridized carbons (Fsp3) is 0.118. The van der Waals surface area contributed by atoms with Crippen molar-refractivity contribution in [2.45, 2.75) is 13.8 Å². The van der Waals surface area contributed by atoms with E-state index in [0.717, 1.165) is 27.6 Å². The van der Waals surface area contributed by atoms with Crippen molar-refractivity contribution in [2.75, 3.05) is 0 Å². The number of nitrogens with zero attached hydrogens (tertiary/aromatic N) is 3. The Balaban J connectivity index is 0.00000104. The summed E-state index contributed by atoms with van der Waals surface area (Å²) < 4.78 is 0. The van der Waals surface area contributed by atoms with Crippen molar-refractivity contribution in [1.29, 1.82) is 5.26 Å². The van der Waals surface area contributed by atoms with Gasteiger partial charge in [0.1, 0.15) is 5.69 Å². The van der Waals surface area contributed by atoms with Crippen LogP contribution in [0.2, 0.25) is 0 Å². The molecule has 0 fully saturated rings. The fourth-order valence-corrected chi connectivity index (χ4v) is 2.65. The zero-order valence-corrected chi connectivity index (χ0v) is 14.7. The van der Waals surface area contributed by atoms with E-state index in [1.54, 1.807) is 6.07 Å². The minimum absolute atomic E-state index is 0. The Morgan fingerprint density at radius 2 is 1.75 bits per heavy atom. The molecular formula is C17H15Cl2N5. The van der Waals surface area contributed by atoms with E-state index in [2.05, 4.69) is 52.2 Å². The molecule has 0 aliphatic carbocycles. The Morgan fingerprint density at radius 1 is 1.00 bits per heavy atom. The molecule has 0 atom stereocenters. The van der Waals surface area contributed by atoms with Crippen LogP contribution in [-0.2, 0) is 0 Å². The van der Waals surface area contributed by atoms with E-state index in [4.69, 9.17) is 5.26 Å². The fourth-order valence-electron chi connectivity index (χ4n) is 2.65. The summed E-state index contributed by atoms with van der Waals surface area (Å²) in [6.45, 7) is 4.16. The molecule has 0 amide bonds. The highest BCUT2D eigenvalue weighted by Gasteiger charge is 2.13. The monoisotopic (exact) mass is 359 g/mol. The third-order valence-corrected chi connectivity index (χ3v) is 4.01. The number of H-pyrrole nitrogens is 2. The Morgan fingerprint density at radius 3 is 2.50 bits per heavy atom. The molecule has 2 aromatic heterocycles. The molecule has 0 saturated carbocycles. The maximum absolute atomic E-state index is 9.07. The van der Waals surface area contributed by atoms with E-state index in [1.165, 1.54) is 11.1 Å². The number of aromatic nitrogens is 4. The second-order valence-electron chi connectivity index (χ2n) is 5.48. The first-order chi connectivity index (χ1) is 10.7. The number of hydrogen-bond donors (Lipinski definition) is 2. The van der Waals surface area contributed by atoms with E-state index in [9.17, 15) is 0 Å². The van der Waals surface area contributed by atoms with Crippen molar-refractivity contribution in [2.24, 2.45) is 0 Å². The van der Waals surface area contributed by atoms with Gasteiger partial charge in [0.05, 0.1) is 28.2 Å². The second kappa shape index (κ2) is 6.52. The van der Waals surface area contributed by atoms with E-state index in [-0.39, 0.29) is 24.8 Å². The van der Waals surface area contributed by atoms with E-state index < -0.39 is 0 Å². The third-order valence-electron chi connectivity index (χ3n) is 4.01. The van der Waals surface area contributed by atoms with Crippen LogP contribution in [0.3, 0.4) is 0 Å². The van der Waals surface area contributed by atoms with Gasteiger partial charge in [0.25, 0.3) is 0 Å². The lowest BCUT2D eigenvalue weighted by Crippen LogP contribution is -1.81. The number of nitriles is 1. The molecule has 0 saturated heterocycles. The predicted octanol–water partition coefficient (Wildman–Crippen LogP) is 4.44. The molecule has 5 nitrogen and oxygen atoms in total. The molecule has 2 aromatic carbocycles. The number of fused-ring (bicyclic) bond motifs is 2. The van der Waals surface area contributed by atoms with Crippen LogP contribution in [0, 0.1) is 25.2 Å². The van der Waals surface area contributed by atoms with Crippen molar-refractivity contribution >= 4 is 46.8 Å². The van der Waals surface area contributed by atoms with Crippen molar-refractivity contribution in [3.63, 3.8) is 0 Å². The van der Waals surface area contributed by atoms with Crippen LogP contribution in [0.1, 0.15) is 16.7 Å². The number of hydrogen-bond acceptors (Lipinski definition) is 3. The largest absolute Gasteiger partial charge is 0.337 e. The van der Waals surface area contributed by atoms with Gasteiger partial charge < -0.3 is 4.98 Å². The van der Waals surface area contributed by atoms with Gasteiger partial charge in [-0.3, -0.25) is 5.10 Å². The van der Waals surface area contributed by atoms with Gasteiger partial charge >= 0.3 is 0 Å². The number of aryl methyl sites for hydroxylation is 2. The summed E-state index contributed by atoms with van der Waals surface area (Å²) in [4.78, 5) is 7.96. The minimum atomic E-state index is 0. The number of nitrogens with one attached hydrogen (secondary N) is 2. The lowest BCUT2D eigenvalue weighted by atomic mass is 10.1. The SMILES string of the molecule is Cc1cc2nc(-c3n[nH]c4ccc(C#N)cc34)[nH]c2cc1C.Cl.Cl. The molecule has 2 N–H and O–H groups in total. The zero-order valence-electron chi connectivity index (χ0n) is 13.0. The van der Waals surface area contributed by atoms with Gasteiger partial charge in [0.15, 0.2) is 5.82 Å². The van der Waals surface area contributed by atoms with Gasteiger partial charge in [-0.1, -0.05) is 0 Å². The molecule has 122 valence electrons. The first-order valence-corrected chi connectivity index (χ1v) is 7.01. The van der Waals surface area contributed by atoms with E-state index >= 15 is 0 Å². The van der Waals surface area contributed by atoms with Crippen molar-refractivity contribution < 1.29 is 0 Å². The number of rotatable bonds is 1. The number of aromatic amines is 2. The Hall–Kier alpha value is -2.55. The summed E-state index contributed by atoms with van der Waals surface area (Å²) in [7, 11) is 0. The lowest BCUT2D eigenvalue weighted by Gasteiger charge is -1.97. The number of imidazole rings is 1. The second-order valence-corrected chi connectivity index (χ2v) is 5.48. The van der Waals surface area contributed by atoms with Crippen LogP contribution in [-0.4, -0.2) is 20.2 Å². The molecular weight excluding hydrogens is 345 g/mol. The summed E-state index contributed by atoms with van der Waals surface area (Å²) in [5, 5.41) is 17.3. The van der Waals surface area contributed by atoms with Crippen LogP contribution in [0.25, 0.3) is 33.5 Å². The predicted molar refractivity (Wildman–Crippen MR) is 99.9 cm³/mol.